The number of aryl methyl sites for hydroxylation is 1. The van der Waals surface area contributed by atoms with Crippen molar-refractivity contribution in [2.45, 2.75) is 71.5 Å². The van der Waals surface area contributed by atoms with Crippen molar-refractivity contribution in [2.24, 2.45) is 0 Å². The molecule has 6 nitrogen and oxygen atoms in total. The van der Waals surface area contributed by atoms with Crippen LogP contribution in [-0.4, -0.2) is 44.7 Å². The molecule has 1 amide bonds. The molecule has 1 N–H and O–H groups in total. The molecule has 0 bridgehead atoms. The summed E-state index contributed by atoms with van der Waals surface area (Å²) in [6.07, 6.45) is 8.47. The summed E-state index contributed by atoms with van der Waals surface area (Å²) in [6.45, 7) is 7.88. The number of rotatable bonds is 7. The van der Waals surface area contributed by atoms with E-state index in [1.54, 1.807) is 6.33 Å². The van der Waals surface area contributed by atoms with Crippen molar-refractivity contribution in [2.75, 3.05) is 13.1 Å². The Kier molecular flexibility index (Phi) is 6.83. The fraction of sp³-hybridized carbons (Fsp3) is 0.812. The average molecular weight is 307 g/mol. The minimum Gasteiger partial charge on any atom is -0.349 e. The molecule has 22 heavy (non-hydrogen) atoms. The first-order valence-electron chi connectivity index (χ1n) is 8.58. The van der Waals surface area contributed by atoms with Gasteiger partial charge in [0.25, 0.3) is 0 Å². The number of amides is 1. The van der Waals surface area contributed by atoms with Crippen LogP contribution in [0.25, 0.3) is 0 Å². The second-order valence-electron chi connectivity index (χ2n) is 6.22. The van der Waals surface area contributed by atoms with Gasteiger partial charge in [-0.05, 0) is 39.3 Å². The van der Waals surface area contributed by atoms with Gasteiger partial charge in [0.05, 0.1) is 6.54 Å². The summed E-state index contributed by atoms with van der Waals surface area (Å²) in [5.41, 5.74) is 0. The van der Waals surface area contributed by atoms with Crippen molar-refractivity contribution in [3.63, 3.8) is 0 Å². The van der Waals surface area contributed by atoms with Crippen LogP contribution in [0.4, 0.5) is 0 Å². The number of hydrogen-bond donors (Lipinski definition) is 1. The lowest BCUT2D eigenvalue weighted by Crippen LogP contribution is -2.38. The highest BCUT2D eigenvalue weighted by Crippen LogP contribution is 2.14. The Morgan fingerprint density at radius 3 is 2.73 bits per heavy atom. The number of carbonyl (C=O) groups excluding carboxylic acids is 1. The van der Waals surface area contributed by atoms with Gasteiger partial charge in [-0.15, -0.1) is 10.2 Å². The van der Waals surface area contributed by atoms with Gasteiger partial charge in [-0.25, -0.2) is 0 Å². The molecule has 1 aliphatic rings. The van der Waals surface area contributed by atoms with Crippen molar-refractivity contribution in [3.05, 3.63) is 12.2 Å². The number of carbonyl (C=O) groups is 1. The molecule has 2 heterocycles. The van der Waals surface area contributed by atoms with Crippen molar-refractivity contribution in [3.8, 4) is 0 Å². The lowest BCUT2D eigenvalue weighted by Gasteiger charge is -2.27. The van der Waals surface area contributed by atoms with Crippen LogP contribution in [-0.2, 0) is 17.9 Å². The molecule has 124 valence electrons. The fourth-order valence-electron chi connectivity index (χ4n) is 3.03. The molecule has 1 saturated heterocycles. The Morgan fingerprint density at radius 1 is 1.32 bits per heavy atom. The topological polar surface area (TPSA) is 63.1 Å². The summed E-state index contributed by atoms with van der Waals surface area (Å²) in [6, 6.07) is 0.312. The van der Waals surface area contributed by atoms with E-state index >= 15 is 0 Å². The lowest BCUT2D eigenvalue weighted by atomic mass is 10.2. The average Bonchev–Trinajstić information content (AvgIpc) is 2.76. The van der Waals surface area contributed by atoms with E-state index in [9.17, 15) is 4.79 Å². The Bertz CT molecular complexity index is 451. The number of nitrogens with one attached hydrogen (secondary N) is 1. The Balaban J connectivity index is 1.75. The molecule has 0 saturated carbocycles. The first kappa shape index (κ1) is 16.9. The molecule has 1 aromatic rings. The van der Waals surface area contributed by atoms with Crippen LogP contribution in [0, 0.1) is 0 Å². The molecule has 0 aliphatic carbocycles. The van der Waals surface area contributed by atoms with Crippen LogP contribution in [0.5, 0.6) is 0 Å². The molecule has 1 fully saturated rings. The molecule has 0 aromatic carbocycles. The van der Waals surface area contributed by atoms with E-state index < -0.39 is 0 Å². The van der Waals surface area contributed by atoms with Gasteiger partial charge in [0.2, 0.25) is 5.91 Å². The third-order valence-electron chi connectivity index (χ3n) is 4.35. The smallest absolute Gasteiger partial charge is 0.221 e. The monoisotopic (exact) mass is 307 g/mol. The zero-order chi connectivity index (χ0) is 15.8. The second kappa shape index (κ2) is 8.88. The second-order valence-corrected chi connectivity index (χ2v) is 6.22. The highest BCUT2D eigenvalue weighted by atomic mass is 16.1. The van der Waals surface area contributed by atoms with Crippen LogP contribution in [0.1, 0.15) is 58.2 Å². The van der Waals surface area contributed by atoms with Crippen LogP contribution < -0.4 is 5.32 Å². The van der Waals surface area contributed by atoms with Gasteiger partial charge in [-0.3, -0.25) is 4.79 Å². The number of aromatic nitrogens is 3. The molecular weight excluding hydrogens is 278 g/mol. The summed E-state index contributed by atoms with van der Waals surface area (Å²) < 4.78 is 2.00. The maximum Gasteiger partial charge on any atom is 0.221 e. The standard InChI is InChI=1S/C16H29N5O/c1-3-8-21-13-18-19-15(21)12-17-16(22)11-14(2)20-9-6-4-5-7-10-20/h13-14H,3-12H2,1-2H3,(H,17,22)/t14-/m1/s1. The van der Waals surface area contributed by atoms with Gasteiger partial charge < -0.3 is 14.8 Å². The van der Waals surface area contributed by atoms with E-state index in [4.69, 9.17) is 0 Å². The molecule has 0 unspecified atom stereocenters. The Labute approximate surface area is 133 Å². The van der Waals surface area contributed by atoms with Crippen LogP contribution in [0.2, 0.25) is 0 Å². The first-order valence-corrected chi connectivity index (χ1v) is 8.58. The third-order valence-corrected chi connectivity index (χ3v) is 4.35. The molecule has 1 aromatic heterocycles. The van der Waals surface area contributed by atoms with E-state index in [0.29, 0.717) is 19.0 Å². The number of likely N-dealkylation sites (tertiary alicyclic amines) is 1. The molecule has 1 aliphatic heterocycles. The van der Waals surface area contributed by atoms with Crippen molar-refractivity contribution < 1.29 is 4.79 Å². The van der Waals surface area contributed by atoms with E-state index in [1.807, 2.05) is 4.57 Å². The first-order chi connectivity index (χ1) is 10.7. The lowest BCUT2D eigenvalue weighted by molar-refractivity contribution is -0.122. The Hall–Kier alpha value is -1.43. The molecule has 0 spiro atoms. The van der Waals surface area contributed by atoms with Crippen LogP contribution >= 0.6 is 0 Å². The highest BCUT2D eigenvalue weighted by Gasteiger charge is 2.18. The summed E-state index contributed by atoms with van der Waals surface area (Å²) in [7, 11) is 0. The largest absolute Gasteiger partial charge is 0.349 e. The molecular formula is C16H29N5O. The predicted molar refractivity (Wildman–Crippen MR) is 86.3 cm³/mol. The molecule has 2 rings (SSSR count). The highest BCUT2D eigenvalue weighted by molar-refractivity contribution is 5.76. The van der Waals surface area contributed by atoms with Crippen molar-refractivity contribution in [1.29, 1.82) is 0 Å². The summed E-state index contributed by atoms with van der Waals surface area (Å²) >= 11 is 0. The molecule has 6 heteroatoms. The van der Waals surface area contributed by atoms with Gasteiger partial charge in [-0.2, -0.15) is 0 Å². The van der Waals surface area contributed by atoms with Crippen LogP contribution in [0.3, 0.4) is 0 Å². The maximum absolute atomic E-state index is 12.2. The van der Waals surface area contributed by atoms with Gasteiger partial charge >= 0.3 is 0 Å². The number of hydrogen-bond acceptors (Lipinski definition) is 4. The van der Waals surface area contributed by atoms with Gasteiger partial charge in [0.15, 0.2) is 5.82 Å². The van der Waals surface area contributed by atoms with Gasteiger partial charge in [0, 0.05) is 19.0 Å². The Morgan fingerprint density at radius 2 is 2.05 bits per heavy atom. The predicted octanol–water partition coefficient (Wildman–Crippen LogP) is 1.96. The van der Waals surface area contributed by atoms with E-state index in [1.165, 1.54) is 25.7 Å². The van der Waals surface area contributed by atoms with Crippen molar-refractivity contribution >= 4 is 5.91 Å². The fourth-order valence-corrected chi connectivity index (χ4v) is 3.03. The normalized spacial score (nSPS) is 17.9. The number of nitrogens with zero attached hydrogens (tertiary/aromatic N) is 4. The van der Waals surface area contributed by atoms with Crippen LogP contribution in [0.15, 0.2) is 6.33 Å². The quantitative estimate of drug-likeness (QED) is 0.836. The zero-order valence-corrected chi connectivity index (χ0v) is 13.9. The van der Waals surface area contributed by atoms with E-state index in [2.05, 4.69) is 34.3 Å². The molecule has 0 radical (unpaired) electrons. The summed E-state index contributed by atoms with van der Waals surface area (Å²) in [4.78, 5) is 14.6. The van der Waals surface area contributed by atoms with Crippen molar-refractivity contribution in [1.82, 2.24) is 25.0 Å². The minimum absolute atomic E-state index is 0.0998. The van der Waals surface area contributed by atoms with E-state index in [0.717, 1.165) is 31.9 Å². The minimum atomic E-state index is 0.0998. The molecule has 1 atom stereocenters. The SMILES string of the molecule is CCCn1cnnc1CNC(=O)C[C@@H](C)N1CCCCCC1. The van der Waals surface area contributed by atoms with E-state index in [-0.39, 0.29) is 5.91 Å². The maximum atomic E-state index is 12.2. The summed E-state index contributed by atoms with van der Waals surface area (Å²) in [5.74, 6) is 0.931. The third kappa shape index (κ3) is 5.09. The zero-order valence-electron chi connectivity index (χ0n) is 13.9. The summed E-state index contributed by atoms with van der Waals surface area (Å²) in [5, 5.41) is 11.0. The van der Waals surface area contributed by atoms with Gasteiger partial charge in [-0.1, -0.05) is 19.8 Å². The van der Waals surface area contributed by atoms with Gasteiger partial charge in [0.1, 0.15) is 6.33 Å².